The molecule has 2 aromatic rings. The molecule has 0 fully saturated rings. The molecule has 3 rings (SSSR count). The molecule has 20 heavy (non-hydrogen) atoms. The van der Waals surface area contributed by atoms with Crippen LogP contribution in [0.3, 0.4) is 0 Å². The Morgan fingerprint density at radius 2 is 2.25 bits per heavy atom. The van der Waals surface area contributed by atoms with Crippen molar-refractivity contribution in [3.05, 3.63) is 45.9 Å². The predicted octanol–water partition coefficient (Wildman–Crippen LogP) is 2.99. The number of fused-ring (bicyclic) bond motifs is 1. The Balaban J connectivity index is 1.82. The first kappa shape index (κ1) is 13.6. The van der Waals surface area contributed by atoms with Crippen molar-refractivity contribution < 1.29 is 0 Å². The lowest BCUT2D eigenvalue weighted by Gasteiger charge is -2.36. The Labute approximate surface area is 124 Å². The fourth-order valence-electron chi connectivity index (χ4n) is 2.84. The maximum absolute atomic E-state index is 5.60. The fraction of sp³-hybridized carbons (Fsp3) is 0.438. The van der Waals surface area contributed by atoms with E-state index in [1.54, 1.807) is 11.3 Å². The van der Waals surface area contributed by atoms with Crippen molar-refractivity contribution in [2.75, 3.05) is 11.4 Å². The number of rotatable bonds is 4. The van der Waals surface area contributed by atoms with E-state index in [1.165, 1.54) is 29.8 Å². The molecular weight excluding hydrogens is 266 g/mol. The quantitative estimate of drug-likeness (QED) is 0.940. The van der Waals surface area contributed by atoms with Crippen LogP contribution in [-0.4, -0.2) is 17.6 Å². The summed E-state index contributed by atoms with van der Waals surface area (Å²) in [6, 6.07) is 9.32. The van der Waals surface area contributed by atoms with Crippen LogP contribution in [-0.2, 0) is 19.4 Å². The monoisotopic (exact) mass is 287 g/mol. The van der Waals surface area contributed by atoms with E-state index in [0.29, 0.717) is 12.6 Å². The standard InChI is InChI=1S/C16H21N3S/c1-12-6-7-13-4-2-3-5-15(13)19(12)10-14-11-20-16(18-14)8-9-17/h2-5,11-12H,6-10,17H2,1H3. The van der Waals surface area contributed by atoms with Crippen molar-refractivity contribution in [1.29, 1.82) is 0 Å². The molecule has 4 heteroatoms. The number of aromatic nitrogens is 1. The van der Waals surface area contributed by atoms with Gasteiger partial charge < -0.3 is 10.6 Å². The molecule has 0 radical (unpaired) electrons. The first-order valence-corrected chi connectivity index (χ1v) is 8.14. The molecule has 1 atom stereocenters. The predicted molar refractivity (Wildman–Crippen MR) is 85.3 cm³/mol. The normalized spacial score (nSPS) is 18.1. The fourth-order valence-corrected chi connectivity index (χ4v) is 3.64. The third kappa shape index (κ3) is 2.72. The molecule has 2 heterocycles. The van der Waals surface area contributed by atoms with E-state index in [9.17, 15) is 0 Å². The van der Waals surface area contributed by atoms with Gasteiger partial charge in [0.2, 0.25) is 0 Å². The first-order valence-electron chi connectivity index (χ1n) is 7.26. The van der Waals surface area contributed by atoms with E-state index in [1.807, 2.05) is 0 Å². The second-order valence-electron chi connectivity index (χ2n) is 5.42. The molecule has 0 saturated heterocycles. The third-order valence-corrected chi connectivity index (χ3v) is 4.91. The third-order valence-electron chi connectivity index (χ3n) is 3.95. The highest BCUT2D eigenvalue weighted by Crippen LogP contribution is 2.31. The molecule has 1 aliphatic rings. The van der Waals surface area contributed by atoms with Crippen LogP contribution in [0.1, 0.15) is 29.6 Å². The minimum Gasteiger partial charge on any atom is -0.363 e. The second kappa shape index (κ2) is 5.94. The van der Waals surface area contributed by atoms with Crippen LogP contribution in [0, 0.1) is 0 Å². The van der Waals surface area contributed by atoms with Crippen LogP contribution < -0.4 is 10.6 Å². The van der Waals surface area contributed by atoms with E-state index in [2.05, 4.69) is 41.5 Å². The summed E-state index contributed by atoms with van der Waals surface area (Å²) in [6.45, 7) is 3.89. The summed E-state index contributed by atoms with van der Waals surface area (Å²) in [7, 11) is 0. The molecule has 0 bridgehead atoms. The zero-order valence-corrected chi connectivity index (χ0v) is 12.7. The maximum atomic E-state index is 5.60. The van der Waals surface area contributed by atoms with Gasteiger partial charge in [-0.15, -0.1) is 11.3 Å². The minimum atomic E-state index is 0.574. The van der Waals surface area contributed by atoms with Gasteiger partial charge in [-0.05, 0) is 37.9 Å². The lowest BCUT2D eigenvalue weighted by atomic mass is 9.96. The smallest absolute Gasteiger partial charge is 0.0941 e. The van der Waals surface area contributed by atoms with Crippen molar-refractivity contribution in [3.63, 3.8) is 0 Å². The highest BCUT2D eigenvalue weighted by molar-refractivity contribution is 7.09. The summed E-state index contributed by atoms with van der Waals surface area (Å²) in [6.07, 6.45) is 3.29. The number of para-hydroxylation sites is 1. The maximum Gasteiger partial charge on any atom is 0.0941 e. The molecule has 0 aliphatic carbocycles. The molecule has 2 N–H and O–H groups in total. The molecule has 1 aromatic carbocycles. The SMILES string of the molecule is CC1CCc2ccccc2N1Cc1csc(CCN)n1. The summed E-state index contributed by atoms with van der Waals surface area (Å²) in [4.78, 5) is 7.18. The Kier molecular flexibility index (Phi) is 4.03. The zero-order chi connectivity index (χ0) is 13.9. The van der Waals surface area contributed by atoms with Crippen LogP contribution in [0.2, 0.25) is 0 Å². The van der Waals surface area contributed by atoms with E-state index in [4.69, 9.17) is 10.7 Å². The van der Waals surface area contributed by atoms with E-state index in [0.717, 1.165) is 18.0 Å². The van der Waals surface area contributed by atoms with Crippen LogP contribution in [0.4, 0.5) is 5.69 Å². The van der Waals surface area contributed by atoms with Crippen molar-refractivity contribution in [3.8, 4) is 0 Å². The number of nitrogens with two attached hydrogens (primary N) is 1. The summed E-state index contributed by atoms with van der Waals surface area (Å²) < 4.78 is 0. The lowest BCUT2D eigenvalue weighted by Crippen LogP contribution is -2.36. The Morgan fingerprint density at radius 3 is 3.10 bits per heavy atom. The lowest BCUT2D eigenvalue weighted by molar-refractivity contribution is 0.557. The van der Waals surface area contributed by atoms with E-state index >= 15 is 0 Å². The van der Waals surface area contributed by atoms with Gasteiger partial charge in [-0.25, -0.2) is 4.98 Å². The molecular formula is C16H21N3S. The van der Waals surface area contributed by atoms with Crippen LogP contribution in [0.25, 0.3) is 0 Å². The molecule has 1 aliphatic heterocycles. The minimum absolute atomic E-state index is 0.574. The Hall–Kier alpha value is -1.39. The number of aryl methyl sites for hydroxylation is 1. The highest BCUT2D eigenvalue weighted by atomic mass is 32.1. The summed E-state index contributed by atoms with van der Waals surface area (Å²) in [5, 5.41) is 3.33. The molecule has 0 spiro atoms. The van der Waals surface area contributed by atoms with Gasteiger partial charge in [0, 0.05) is 23.5 Å². The number of anilines is 1. The summed E-state index contributed by atoms with van der Waals surface area (Å²) in [5.74, 6) is 0. The van der Waals surface area contributed by atoms with Gasteiger partial charge in [-0.2, -0.15) is 0 Å². The number of hydrogen-bond donors (Lipinski definition) is 1. The van der Waals surface area contributed by atoms with Gasteiger partial charge in [0.15, 0.2) is 0 Å². The largest absolute Gasteiger partial charge is 0.363 e. The molecule has 106 valence electrons. The van der Waals surface area contributed by atoms with Crippen molar-refractivity contribution >= 4 is 17.0 Å². The average molecular weight is 287 g/mol. The highest BCUT2D eigenvalue weighted by Gasteiger charge is 2.23. The molecule has 0 saturated carbocycles. The van der Waals surface area contributed by atoms with Gasteiger partial charge in [0.05, 0.1) is 17.2 Å². The Bertz CT molecular complexity index is 579. The Morgan fingerprint density at radius 1 is 1.40 bits per heavy atom. The van der Waals surface area contributed by atoms with Crippen molar-refractivity contribution in [1.82, 2.24) is 4.98 Å². The van der Waals surface area contributed by atoms with Gasteiger partial charge in [0.1, 0.15) is 0 Å². The molecule has 1 unspecified atom stereocenters. The molecule has 1 aromatic heterocycles. The van der Waals surface area contributed by atoms with Crippen molar-refractivity contribution in [2.24, 2.45) is 5.73 Å². The van der Waals surface area contributed by atoms with Crippen LogP contribution >= 0.6 is 11.3 Å². The topological polar surface area (TPSA) is 42.1 Å². The summed E-state index contributed by atoms with van der Waals surface area (Å²) >= 11 is 1.73. The van der Waals surface area contributed by atoms with E-state index in [-0.39, 0.29) is 0 Å². The van der Waals surface area contributed by atoms with Gasteiger partial charge in [-0.3, -0.25) is 0 Å². The first-order chi connectivity index (χ1) is 9.78. The number of benzene rings is 1. The van der Waals surface area contributed by atoms with Crippen molar-refractivity contribution in [2.45, 2.75) is 38.8 Å². The number of hydrogen-bond acceptors (Lipinski definition) is 4. The second-order valence-corrected chi connectivity index (χ2v) is 6.36. The zero-order valence-electron chi connectivity index (χ0n) is 11.9. The molecule has 3 nitrogen and oxygen atoms in total. The van der Waals surface area contributed by atoms with Gasteiger partial charge in [-0.1, -0.05) is 18.2 Å². The van der Waals surface area contributed by atoms with E-state index < -0.39 is 0 Å². The summed E-state index contributed by atoms with van der Waals surface area (Å²) in [5.41, 5.74) is 9.60. The van der Waals surface area contributed by atoms with Gasteiger partial charge >= 0.3 is 0 Å². The number of thiazole rings is 1. The average Bonchev–Trinajstić information content (AvgIpc) is 2.90. The molecule has 0 amide bonds. The van der Waals surface area contributed by atoms with Crippen LogP contribution in [0.15, 0.2) is 29.6 Å². The van der Waals surface area contributed by atoms with Crippen LogP contribution in [0.5, 0.6) is 0 Å². The number of nitrogens with zero attached hydrogens (tertiary/aromatic N) is 2. The van der Waals surface area contributed by atoms with Gasteiger partial charge in [0.25, 0.3) is 0 Å².